The maximum absolute atomic E-state index is 13.3. The van der Waals surface area contributed by atoms with Crippen LogP contribution in [0.2, 0.25) is 0 Å². The van der Waals surface area contributed by atoms with Crippen LogP contribution in [-0.4, -0.2) is 18.3 Å². The quantitative estimate of drug-likeness (QED) is 0.746. The van der Waals surface area contributed by atoms with Crippen molar-refractivity contribution in [3.05, 3.63) is 35.1 Å². The third-order valence-electron chi connectivity index (χ3n) is 2.40. The number of nitrogens with one attached hydrogen (secondary N) is 1. The number of benzene rings is 1. The summed E-state index contributed by atoms with van der Waals surface area (Å²) in [5.74, 6) is -0.490. The molecule has 0 heterocycles. The molecule has 4 heteroatoms. The van der Waals surface area contributed by atoms with Gasteiger partial charge in [0.05, 0.1) is 5.56 Å². The van der Waals surface area contributed by atoms with E-state index in [2.05, 4.69) is 5.32 Å². The lowest BCUT2D eigenvalue weighted by molar-refractivity contribution is 0.284. The van der Waals surface area contributed by atoms with Gasteiger partial charge in [0.25, 0.3) is 0 Å². The van der Waals surface area contributed by atoms with Crippen LogP contribution in [0.4, 0.5) is 4.39 Å². The molecule has 0 saturated carbocycles. The van der Waals surface area contributed by atoms with Crippen LogP contribution in [0, 0.1) is 17.1 Å². The molecule has 1 atom stereocenters. The molecule has 0 spiro atoms. The van der Waals surface area contributed by atoms with Gasteiger partial charge in [-0.15, -0.1) is 0 Å². The second kappa shape index (κ2) is 6.21. The predicted octanol–water partition coefficient (Wildman–Crippen LogP) is 1.73. The second-order valence-corrected chi connectivity index (χ2v) is 3.60. The molecule has 0 bridgehead atoms. The number of nitrogens with zero attached hydrogens (tertiary/aromatic N) is 1. The van der Waals surface area contributed by atoms with E-state index >= 15 is 0 Å². The van der Waals surface area contributed by atoms with Crippen molar-refractivity contribution in [2.75, 3.05) is 13.2 Å². The fourth-order valence-electron chi connectivity index (χ4n) is 1.41. The average Bonchev–Trinajstić information content (AvgIpc) is 2.29. The summed E-state index contributed by atoms with van der Waals surface area (Å²) in [6.07, 6.45) is 0.670. The van der Waals surface area contributed by atoms with E-state index in [-0.39, 0.29) is 18.2 Å². The summed E-state index contributed by atoms with van der Waals surface area (Å²) in [6, 6.07) is 6.38. The number of rotatable bonds is 5. The molecule has 86 valence electrons. The third kappa shape index (κ3) is 3.30. The van der Waals surface area contributed by atoms with E-state index in [9.17, 15) is 4.39 Å². The number of hydrogen-bond donors (Lipinski definition) is 2. The van der Waals surface area contributed by atoms with Crippen molar-refractivity contribution >= 4 is 0 Å². The largest absolute Gasteiger partial charge is 0.396 e. The van der Waals surface area contributed by atoms with Gasteiger partial charge in [0.1, 0.15) is 11.9 Å². The van der Waals surface area contributed by atoms with E-state index in [1.165, 1.54) is 12.1 Å². The van der Waals surface area contributed by atoms with Crippen LogP contribution in [0.25, 0.3) is 0 Å². The number of hydrogen-bond acceptors (Lipinski definition) is 3. The lowest BCUT2D eigenvalue weighted by atomic mass is 10.1. The van der Waals surface area contributed by atoms with Crippen LogP contribution in [-0.2, 0) is 0 Å². The smallest absolute Gasteiger partial charge is 0.141 e. The highest BCUT2D eigenvalue weighted by Crippen LogP contribution is 2.16. The van der Waals surface area contributed by atoms with Gasteiger partial charge < -0.3 is 10.4 Å². The average molecular weight is 222 g/mol. The third-order valence-corrected chi connectivity index (χ3v) is 2.40. The van der Waals surface area contributed by atoms with E-state index in [1.807, 2.05) is 6.92 Å². The Labute approximate surface area is 94.5 Å². The number of halogens is 1. The Hall–Kier alpha value is -1.44. The van der Waals surface area contributed by atoms with Crippen molar-refractivity contribution in [3.63, 3.8) is 0 Å². The first-order valence-corrected chi connectivity index (χ1v) is 5.23. The molecule has 16 heavy (non-hydrogen) atoms. The topological polar surface area (TPSA) is 56.0 Å². The van der Waals surface area contributed by atoms with Crippen molar-refractivity contribution < 1.29 is 9.50 Å². The number of aliphatic hydroxyl groups is 1. The zero-order chi connectivity index (χ0) is 12.0. The maximum atomic E-state index is 13.3. The lowest BCUT2D eigenvalue weighted by Crippen LogP contribution is -2.20. The van der Waals surface area contributed by atoms with Crippen molar-refractivity contribution in [2.45, 2.75) is 19.4 Å². The zero-order valence-corrected chi connectivity index (χ0v) is 9.20. The standard InChI is InChI=1S/C12H15FN2O/c1-9(15-5-2-6-16)10-3-4-11(8-14)12(13)7-10/h3-4,7,9,15-16H,2,5-6H2,1H3. The lowest BCUT2D eigenvalue weighted by Gasteiger charge is -2.14. The van der Waals surface area contributed by atoms with Gasteiger partial charge in [0.2, 0.25) is 0 Å². The molecule has 1 unspecified atom stereocenters. The molecule has 3 nitrogen and oxygen atoms in total. The fraction of sp³-hybridized carbons (Fsp3) is 0.417. The molecule has 2 N–H and O–H groups in total. The summed E-state index contributed by atoms with van der Waals surface area (Å²) < 4.78 is 13.3. The number of aliphatic hydroxyl groups excluding tert-OH is 1. The van der Waals surface area contributed by atoms with Crippen molar-refractivity contribution in [3.8, 4) is 6.07 Å². The summed E-state index contributed by atoms with van der Waals surface area (Å²) >= 11 is 0. The molecule has 0 aliphatic heterocycles. The van der Waals surface area contributed by atoms with Crippen molar-refractivity contribution in [1.82, 2.24) is 5.32 Å². The van der Waals surface area contributed by atoms with E-state index < -0.39 is 5.82 Å². The van der Waals surface area contributed by atoms with Gasteiger partial charge in [-0.2, -0.15) is 5.26 Å². The van der Waals surface area contributed by atoms with Crippen LogP contribution in [0.1, 0.15) is 30.5 Å². The van der Waals surface area contributed by atoms with Crippen LogP contribution in [0.15, 0.2) is 18.2 Å². The van der Waals surface area contributed by atoms with Gasteiger partial charge in [-0.25, -0.2) is 4.39 Å². The molecule has 1 rings (SSSR count). The van der Waals surface area contributed by atoms with Gasteiger partial charge in [0.15, 0.2) is 0 Å². The highest BCUT2D eigenvalue weighted by atomic mass is 19.1. The molecule has 0 amide bonds. The van der Waals surface area contributed by atoms with Crippen molar-refractivity contribution in [2.24, 2.45) is 0 Å². The van der Waals surface area contributed by atoms with Gasteiger partial charge in [0, 0.05) is 12.6 Å². The Kier molecular flexibility index (Phi) is 4.90. The number of nitriles is 1. The zero-order valence-electron chi connectivity index (χ0n) is 9.20. The maximum Gasteiger partial charge on any atom is 0.141 e. The molecule has 0 fully saturated rings. The minimum absolute atomic E-state index is 0.00814. The molecule has 0 radical (unpaired) electrons. The van der Waals surface area contributed by atoms with Gasteiger partial charge in [-0.1, -0.05) is 6.07 Å². The Morgan fingerprint density at radius 3 is 2.88 bits per heavy atom. The first-order valence-electron chi connectivity index (χ1n) is 5.23. The van der Waals surface area contributed by atoms with E-state index in [0.29, 0.717) is 13.0 Å². The van der Waals surface area contributed by atoms with E-state index in [1.54, 1.807) is 12.1 Å². The fourth-order valence-corrected chi connectivity index (χ4v) is 1.41. The molecular formula is C12H15FN2O. The van der Waals surface area contributed by atoms with Crippen LogP contribution in [0.5, 0.6) is 0 Å². The minimum Gasteiger partial charge on any atom is -0.396 e. The Balaban J connectivity index is 2.66. The Morgan fingerprint density at radius 2 is 2.31 bits per heavy atom. The summed E-state index contributed by atoms with van der Waals surface area (Å²) in [7, 11) is 0. The molecule has 1 aromatic carbocycles. The first kappa shape index (κ1) is 12.6. The van der Waals surface area contributed by atoms with Crippen molar-refractivity contribution in [1.29, 1.82) is 5.26 Å². The molecular weight excluding hydrogens is 207 g/mol. The SMILES string of the molecule is CC(NCCCO)c1ccc(C#N)c(F)c1. The summed E-state index contributed by atoms with van der Waals surface area (Å²) in [5.41, 5.74) is 0.862. The second-order valence-electron chi connectivity index (χ2n) is 3.60. The minimum atomic E-state index is -0.490. The highest BCUT2D eigenvalue weighted by molar-refractivity contribution is 5.34. The van der Waals surface area contributed by atoms with Crippen LogP contribution in [0.3, 0.4) is 0 Å². The van der Waals surface area contributed by atoms with Gasteiger partial charge >= 0.3 is 0 Å². The van der Waals surface area contributed by atoms with Gasteiger partial charge in [-0.3, -0.25) is 0 Å². The molecule has 0 aliphatic rings. The summed E-state index contributed by atoms with van der Waals surface area (Å²) in [5, 5.41) is 20.4. The molecule has 0 aromatic heterocycles. The van der Waals surface area contributed by atoms with Crippen LogP contribution >= 0.6 is 0 Å². The normalized spacial score (nSPS) is 12.1. The molecule has 0 aliphatic carbocycles. The highest BCUT2D eigenvalue weighted by Gasteiger charge is 2.08. The Bertz CT molecular complexity index is 387. The van der Waals surface area contributed by atoms with E-state index in [0.717, 1.165) is 5.56 Å². The summed E-state index contributed by atoms with van der Waals surface area (Å²) in [6.45, 7) is 2.74. The predicted molar refractivity (Wildman–Crippen MR) is 59.2 cm³/mol. The summed E-state index contributed by atoms with van der Waals surface area (Å²) in [4.78, 5) is 0. The monoisotopic (exact) mass is 222 g/mol. The first-order chi connectivity index (χ1) is 7.69. The molecule has 1 aromatic rings. The van der Waals surface area contributed by atoms with Crippen LogP contribution < -0.4 is 5.32 Å². The van der Waals surface area contributed by atoms with E-state index in [4.69, 9.17) is 10.4 Å². The Morgan fingerprint density at radius 1 is 1.56 bits per heavy atom. The van der Waals surface area contributed by atoms with Gasteiger partial charge in [-0.05, 0) is 37.6 Å². The molecule has 0 saturated heterocycles.